The van der Waals surface area contributed by atoms with E-state index in [1.807, 2.05) is 187 Å². The highest BCUT2D eigenvalue weighted by molar-refractivity contribution is 5.82. The summed E-state index contributed by atoms with van der Waals surface area (Å²) in [7, 11) is 9.67. The van der Waals surface area contributed by atoms with Crippen molar-refractivity contribution in [3.8, 4) is 123 Å². The van der Waals surface area contributed by atoms with Crippen LogP contribution >= 0.6 is 0 Å². The zero-order valence-electron chi connectivity index (χ0n) is 88.8. The SMILES string of the molecule is Cc1cc(-c2cc(-c3ccccc3)c(C)cc2C)[n+](C)cc1C.Cc1ccc(-c2cc(-c3ccccc3)c(C)cc2C)[n+](C)c1.[2H]C([2H])([2H])c1c[n+](C)c(-c2cc(-c3ccccc3)c(C([2H])([2H])[2H])cc2C)cc1C.[2H]C([2H])([2H])c1cc(C)c(-c2cc(-c3ccccc3)c(C([2H])([2H])[2H])c[n+]2C)cc1-c1ccccc1.[2H]C([2H])([2H])c1ccc(-c2cc(-c3ccccc3)c(C([2H])([2H])[2H])cc2C)[n+](C)c1. The van der Waals surface area contributed by atoms with Crippen LogP contribution in [0, 0.1) is 117 Å². The molecule has 0 bridgehead atoms. The van der Waals surface area contributed by atoms with Gasteiger partial charge in [-0.2, -0.15) is 0 Å². The second-order valence-electron chi connectivity index (χ2n) is 31.0. The maximum atomic E-state index is 8.09. The molecule has 0 aliphatic carbocycles. The highest BCUT2D eigenvalue weighted by Crippen LogP contribution is 2.38. The van der Waals surface area contributed by atoms with Gasteiger partial charge in [0, 0.05) is 111 Å². The average molecular weight is 1560 g/mol. The molecule has 0 spiro atoms. The maximum absolute atomic E-state index is 8.09. The second-order valence-corrected chi connectivity index (χ2v) is 31.0. The van der Waals surface area contributed by atoms with E-state index in [4.69, 9.17) is 24.7 Å². The Labute approximate surface area is 730 Å². The first kappa shape index (κ1) is 63.4. The molecule has 118 heavy (non-hydrogen) atoms. The summed E-state index contributed by atoms with van der Waals surface area (Å²) in [4.78, 5) is 0. The summed E-state index contributed by atoms with van der Waals surface area (Å²) in [6.07, 6.45) is 9.28. The van der Waals surface area contributed by atoms with E-state index in [2.05, 4.69) is 187 Å². The van der Waals surface area contributed by atoms with E-state index in [0.29, 0.717) is 50.1 Å². The number of hydrogen-bond donors (Lipinski definition) is 0. The van der Waals surface area contributed by atoms with Crippen LogP contribution in [0.5, 0.6) is 0 Å². The molecule has 5 heteroatoms. The van der Waals surface area contributed by atoms with Gasteiger partial charge < -0.3 is 0 Å². The van der Waals surface area contributed by atoms with Gasteiger partial charge in [-0.15, -0.1) is 0 Å². The summed E-state index contributed by atoms with van der Waals surface area (Å²) in [5.41, 5.74) is 35.3. The Balaban J connectivity index is 0.000000154. The molecule has 0 aliphatic rings. The molecule has 0 N–H and O–H groups in total. The molecule has 0 saturated heterocycles. The summed E-state index contributed by atoms with van der Waals surface area (Å²) < 4.78 is 152. The van der Waals surface area contributed by atoms with Gasteiger partial charge in [-0.25, -0.2) is 22.8 Å². The molecule has 0 fully saturated rings. The van der Waals surface area contributed by atoms with Crippen LogP contribution in [0.15, 0.2) is 316 Å². The van der Waals surface area contributed by atoms with Crippen molar-refractivity contribution in [1.29, 1.82) is 0 Å². The van der Waals surface area contributed by atoms with Crippen molar-refractivity contribution in [3.63, 3.8) is 0 Å². The molecule has 0 unspecified atom stereocenters. The molecule has 16 rings (SSSR count). The maximum Gasteiger partial charge on any atom is 0.213 e. The minimum absolute atomic E-state index is 0.263. The van der Waals surface area contributed by atoms with E-state index in [1.54, 1.807) is 76.6 Å². The third-order valence-corrected chi connectivity index (χ3v) is 22.0. The predicted octanol–water partition coefficient (Wildman–Crippen LogP) is 26.1. The van der Waals surface area contributed by atoms with Gasteiger partial charge >= 0.3 is 0 Å². The second kappa shape index (κ2) is 37.8. The van der Waals surface area contributed by atoms with Crippen molar-refractivity contribution in [1.82, 2.24) is 0 Å². The van der Waals surface area contributed by atoms with Crippen molar-refractivity contribution in [2.45, 2.75) is 117 Å². The summed E-state index contributed by atoms with van der Waals surface area (Å²) in [5, 5.41) is 0. The summed E-state index contributed by atoms with van der Waals surface area (Å²) >= 11 is 0. The van der Waals surface area contributed by atoms with Crippen molar-refractivity contribution >= 4 is 0 Å². The van der Waals surface area contributed by atoms with Gasteiger partial charge in [0.1, 0.15) is 35.2 Å². The lowest BCUT2D eigenvalue weighted by Crippen LogP contribution is -2.31. The molecule has 0 aliphatic heterocycles. The van der Waals surface area contributed by atoms with Crippen LogP contribution in [0.2, 0.25) is 0 Å². The summed E-state index contributed by atoms with van der Waals surface area (Å²) in [6.45, 7) is 9.29. The van der Waals surface area contributed by atoms with Crippen LogP contribution < -0.4 is 22.8 Å². The third kappa shape index (κ3) is 19.8. The van der Waals surface area contributed by atoms with E-state index in [9.17, 15) is 0 Å². The lowest BCUT2D eigenvalue weighted by atomic mass is 9.92. The standard InChI is InChI=1S/C27H26N.2C22H24N.2C21H22N/c1-19-15-20(2)26(16-24(19)22-11-7-5-8-12-22)27-17-25(21(3)18-28(27)4)23-13-9-6-10-14-23;2*1-15-12-22(23(5)14-18(15)4)21-13-20(16(2)11-17(21)3)19-9-7-6-8-10-19;2*1-15-10-11-21(22(4)14-15)20-13-19(16(2)12-17(20)3)18-8-6-5-7-9-18/h5-18H,1-4H3;2*6-14H,1-5H3;2*5-14H,1-4H3/q5*+1/i1D3,3D3;2D3,4D3;;1D3,2D3;. The van der Waals surface area contributed by atoms with E-state index in [1.165, 1.54) is 83.7 Å². The van der Waals surface area contributed by atoms with Crippen LogP contribution in [0.1, 0.15) is 119 Å². The van der Waals surface area contributed by atoms with Crippen LogP contribution in [0.25, 0.3) is 123 Å². The minimum Gasteiger partial charge on any atom is -0.201 e. The molecule has 16 aromatic rings. The largest absolute Gasteiger partial charge is 0.213 e. The Hall–Kier alpha value is -12.8. The van der Waals surface area contributed by atoms with Gasteiger partial charge in [-0.1, -0.05) is 212 Å². The monoisotopic (exact) mass is 1560 g/mol. The number of aromatic nitrogens is 5. The van der Waals surface area contributed by atoms with E-state index < -0.39 is 41.1 Å². The highest BCUT2D eigenvalue weighted by Gasteiger charge is 2.23. The van der Waals surface area contributed by atoms with Gasteiger partial charge in [0.25, 0.3) is 0 Å². The Bertz CT molecular complexity index is 6900. The van der Waals surface area contributed by atoms with E-state index in [0.717, 1.165) is 72.7 Å². The van der Waals surface area contributed by atoms with Crippen LogP contribution in [0.4, 0.5) is 0 Å². The number of hydrogen-bond acceptors (Lipinski definition) is 0. The molecule has 590 valence electrons. The Morgan fingerprint density at radius 3 is 0.695 bits per heavy atom. The Morgan fingerprint density at radius 1 is 0.161 bits per heavy atom. The molecule has 0 amide bonds. The topological polar surface area (TPSA) is 19.4 Å². The normalized spacial score (nSPS) is 13.7. The first-order valence-electron chi connectivity index (χ1n) is 48.9. The molecule has 0 atom stereocenters. The van der Waals surface area contributed by atoms with Crippen LogP contribution in [0.3, 0.4) is 0 Å². The first-order chi connectivity index (χ1) is 63.9. The molecular weight excluding hydrogens is 1430 g/mol. The van der Waals surface area contributed by atoms with Crippen molar-refractivity contribution in [3.05, 3.63) is 411 Å². The number of aryl methyl sites for hydroxylation is 22. The van der Waals surface area contributed by atoms with Crippen molar-refractivity contribution < 1.29 is 47.5 Å². The van der Waals surface area contributed by atoms with E-state index >= 15 is 0 Å². The van der Waals surface area contributed by atoms with Gasteiger partial charge in [0.05, 0.1) is 0 Å². The lowest BCUT2D eigenvalue weighted by molar-refractivity contribution is -0.660. The van der Waals surface area contributed by atoms with Crippen molar-refractivity contribution in [2.24, 2.45) is 35.2 Å². The van der Waals surface area contributed by atoms with Gasteiger partial charge in [-0.3, -0.25) is 0 Å². The highest BCUT2D eigenvalue weighted by atomic mass is 14.9. The average Bonchev–Trinajstić information content (AvgIpc) is 0.749. The molecule has 11 aromatic carbocycles. The van der Waals surface area contributed by atoms with E-state index in [-0.39, 0.29) is 11.1 Å². The number of rotatable bonds is 11. The number of benzene rings is 11. The number of pyridine rings is 5. The molecule has 5 aromatic heterocycles. The smallest absolute Gasteiger partial charge is 0.201 e. The summed E-state index contributed by atoms with van der Waals surface area (Å²) in [5.74, 6) is 0. The Morgan fingerprint density at radius 2 is 0.390 bits per heavy atom. The molecule has 5 heterocycles. The predicted molar refractivity (Wildman–Crippen MR) is 498 cm³/mol. The lowest BCUT2D eigenvalue weighted by Gasteiger charge is -2.13. The van der Waals surface area contributed by atoms with Crippen LogP contribution in [-0.2, 0) is 35.2 Å². The van der Waals surface area contributed by atoms with Crippen molar-refractivity contribution in [2.75, 3.05) is 0 Å². The zero-order chi connectivity index (χ0) is 99.2. The fourth-order valence-corrected chi connectivity index (χ4v) is 15.5. The van der Waals surface area contributed by atoms with Gasteiger partial charge in [0.15, 0.2) is 31.0 Å². The third-order valence-electron chi connectivity index (χ3n) is 22.0. The molecular formula is C113H118N5+5. The minimum atomic E-state index is -2.28. The molecule has 5 nitrogen and oxygen atoms in total. The van der Waals surface area contributed by atoms with Gasteiger partial charge in [-0.05, 0) is 293 Å². The fraction of sp³-hybridized carbons (Fsp3) is 0.195. The van der Waals surface area contributed by atoms with Gasteiger partial charge in [0.2, 0.25) is 28.5 Å². The zero-order valence-corrected chi connectivity index (χ0v) is 70.8. The molecule has 0 saturated carbocycles. The summed E-state index contributed by atoms with van der Waals surface area (Å²) in [6, 6.07) is 92.9. The fourth-order valence-electron chi connectivity index (χ4n) is 15.5. The van der Waals surface area contributed by atoms with Crippen LogP contribution in [-0.4, -0.2) is 0 Å². The molecule has 0 radical (unpaired) electrons. The Kier molecular flexibility index (Phi) is 20.3. The first-order valence-corrected chi connectivity index (χ1v) is 39.9. The number of nitrogens with zero attached hydrogens (tertiary/aromatic N) is 5. The quantitative estimate of drug-likeness (QED) is 0.115.